The Hall–Kier alpha value is -3.97. The summed E-state index contributed by atoms with van der Waals surface area (Å²) in [5.41, 5.74) is 1.95. The van der Waals surface area contributed by atoms with Crippen molar-refractivity contribution in [2.75, 3.05) is 13.9 Å². The van der Waals surface area contributed by atoms with E-state index >= 15 is 0 Å². The number of carbonyl (C=O) groups excluding carboxylic acids is 1. The number of pyridine rings is 1. The van der Waals surface area contributed by atoms with Crippen molar-refractivity contribution >= 4 is 28.4 Å². The maximum absolute atomic E-state index is 13.6. The number of halogens is 1. The molecule has 1 aliphatic heterocycles. The van der Waals surface area contributed by atoms with E-state index in [0.29, 0.717) is 38.9 Å². The van der Waals surface area contributed by atoms with Gasteiger partial charge in [0, 0.05) is 29.1 Å². The van der Waals surface area contributed by atoms with Crippen molar-refractivity contribution in [2.45, 2.75) is 13.1 Å². The number of nitrogens with one attached hydrogen (secondary N) is 1. The van der Waals surface area contributed by atoms with E-state index in [1.54, 1.807) is 48.4 Å². The van der Waals surface area contributed by atoms with Crippen LogP contribution in [0.25, 0.3) is 10.9 Å². The summed E-state index contributed by atoms with van der Waals surface area (Å²) in [6, 6.07) is 19.6. The van der Waals surface area contributed by atoms with Gasteiger partial charge in [-0.2, -0.15) is 0 Å². The molecule has 0 saturated carbocycles. The van der Waals surface area contributed by atoms with Crippen molar-refractivity contribution in [3.05, 3.63) is 98.8 Å². The minimum absolute atomic E-state index is 0.0713. The second kappa shape index (κ2) is 9.11. The average molecular weight is 477 g/mol. The lowest BCUT2D eigenvalue weighted by Gasteiger charge is -2.24. The van der Waals surface area contributed by atoms with Gasteiger partial charge in [0.05, 0.1) is 29.8 Å². The lowest BCUT2D eigenvalue weighted by molar-refractivity contribution is 0.0728. The first kappa shape index (κ1) is 21.9. The standard InChI is InChI=1S/C26H21ClN2O5/c1-32-22-9-5-2-6-16(22)13-29(26(31)19-7-3-4-8-20(19)27)14-18-10-17-11-23-24(34-15-33-23)12-21(17)28-25(18)30/h2-12H,13-15H2,1H3,(H,28,30). The van der Waals surface area contributed by atoms with Crippen LogP contribution >= 0.6 is 11.6 Å². The number of aromatic nitrogens is 1. The predicted octanol–water partition coefficient (Wildman–Crippen LogP) is 4.76. The SMILES string of the molecule is COc1ccccc1CN(Cc1cc2cc3c(cc2[nH]c1=O)OCO3)C(=O)c1ccccc1Cl. The van der Waals surface area contributed by atoms with E-state index in [4.69, 9.17) is 25.8 Å². The molecule has 5 rings (SSSR count). The third kappa shape index (κ3) is 4.18. The van der Waals surface area contributed by atoms with E-state index in [1.807, 2.05) is 30.3 Å². The molecule has 0 atom stereocenters. The van der Waals surface area contributed by atoms with Gasteiger partial charge in [-0.1, -0.05) is 41.9 Å². The molecule has 0 aliphatic carbocycles. The van der Waals surface area contributed by atoms with Gasteiger partial charge in [0.1, 0.15) is 5.75 Å². The lowest BCUT2D eigenvalue weighted by atomic mass is 10.1. The van der Waals surface area contributed by atoms with E-state index in [0.717, 1.165) is 10.9 Å². The Morgan fingerprint density at radius 3 is 2.50 bits per heavy atom. The van der Waals surface area contributed by atoms with Crippen molar-refractivity contribution in [1.29, 1.82) is 0 Å². The van der Waals surface area contributed by atoms with Gasteiger partial charge in [-0.05, 0) is 30.3 Å². The second-order valence-electron chi connectivity index (χ2n) is 7.87. The molecule has 0 spiro atoms. The number of amides is 1. The Balaban J connectivity index is 1.55. The van der Waals surface area contributed by atoms with Crippen LogP contribution in [0.15, 0.2) is 71.5 Å². The molecule has 2 heterocycles. The van der Waals surface area contributed by atoms with Crippen molar-refractivity contribution < 1.29 is 19.0 Å². The first-order valence-electron chi connectivity index (χ1n) is 10.6. The van der Waals surface area contributed by atoms with E-state index < -0.39 is 0 Å². The normalized spacial score (nSPS) is 12.1. The molecule has 3 aromatic carbocycles. The number of para-hydroxylation sites is 1. The average Bonchev–Trinajstić information content (AvgIpc) is 3.30. The fraction of sp³-hybridized carbons (Fsp3) is 0.154. The summed E-state index contributed by atoms with van der Waals surface area (Å²) in [7, 11) is 1.58. The van der Waals surface area contributed by atoms with Gasteiger partial charge in [0.25, 0.3) is 11.5 Å². The van der Waals surface area contributed by atoms with Crippen molar-refractivity contribution in [1.82, 2.24) is 9.88 Å². The molecule has 0 unspecified atom stereocenters. The lowest BCUT2D eigenvalue weighted by Crippen LogP contribution is -2.32. The van der Waals surface area contributed by atoms with Crippen LogP contribution in [0.4, 0.5) is 0 Å². The largest absolute Gasteiger partial charge is 0.496 e. The van der Waals surface area contributed by atoms with Crippen LogP contribution in [0, 0.1) is 0 Å². The van der Waals surface area contributed by atoms with E-state index in [2.05, 4.69) is 4.98 Å². The molecule has 0 radical (unpaired) electrons. The molecule has 1 amide bonds. The van der Waals surface area contributed by atoms with Crippen molar-refractivity contribution in [3.63, 3.8) is 0 Å². The molecule has 7 nitrogen and oxygen atoms in total. The van der Waals surface area contributed by atoms with E-state index in [1.165, 1.54) is 0 Å². The number of hydrogen-bond donors (Lipinski definition) is 1. The quantitative estimate of drug-likeness (QED) is 0.434. The highest BCUT2D eigenvalue weighted by molar-refractivity contribution is 6.33. The van der Waals surface area contributed by atoms with E-state index in [9.17, 15) is 9.59 Å². The molecule has 0 fully saturated rings. The van der Waals surface area contributed by atoms with Gasteiger partial charge in [-0.15, -0.1) is 0 Å². The molecular weight excluding hydrogens is 456 g/mol. The summed E-state index contributed by atoms with van der Waals surface area (Å²) < 4.78 is 16.3. The predicted molar refractivity (Wildman–Crippen MR) is 129 cm³/mol. The Morgan fingerprint density at radius 1 is 1.00 bits per heavy atom. The number of ether oxygens (including phenoxy) is 3. The van der Waals surface area contributed by atoms with Gasteiger partial charge < -0.3 is 24.1 Å². The third-order valence-corrected chi connectivity index (χ3v) is 6.05. The van der Waals surface area contributed by atoms with Crippen molar-refractivity contribution in [3.8, 4) is 17.2 Å². The highest BCUT2D eigenvalue weighted by Gasteiger charge is 2.22. The molecule has 1 aromatic heterocycles. The zero-order valence-corrected chi connectivity index (χ0v) is 19.1. The zero-order chi connectivity index (χ0) is 23.7. The molecule has 0 saturated heterocycles. The maximum Gasteiger partial charge on any atom is 0.255 e. The van der Waals surface area contributed by atoms with Gasteiger partial charge in [0.2, 0.25) is 6.79 Å². The van der Waals surface area contributed by atoms with Crippen LogP contribution in [0.2, 0.25) is 5.02 Å². The number of carbonyl (C=O) groups is 1. The third-order valence-electron chi connectivity index (χ3n) is 5.72. The number of rotatable bonds is 6. The number of hydrogen-bond acceptors (Lipinski definition) is 5. The van der Waals surface area contributed by atoms with Crippen LogP contribution in [-0.4, -0.2) is 29.7 Å². The smallest absolute Gasteiger partial charge is 0.255 e. The van der Waals surface area contributed by atoms with E-state index in [-0.39, 0.29) is 31.3 Å². The zero-order valence-electron chi connectivity index (χ0n) is 18.3. The number of methoxy groups -OCH3 is 1. The first-order chi connectivity index (χ1) is 16.5. The highest BCUT2D eigenvalue weighted by Crippen LogP contribution is 2.35. The van der Waals surface area contributed by atoms with Crippen LogP contribution < -0.4 is 19.8 Å². The van der Waals surface area contributed by atoms with Gasteiger partial charge >= 0.3 is 0 Å². The monoisotopic (exact) mass is 476 g/mol. The fourth-order valence-corrected chi connectivity index (χ4v) is 4.22. The van der Waals surface area contributed by atoms with Gasteiger partial charge in [-0.25, -0.2) is 0 Å². The number of aromatic amines is 1. The topological polar surface area (TPSA) is 80.9 Å². The number of H-pyrrole nitrogens is 1. The van der Waals surface area contributed by atoms with Crippen molar-refractivity contribution in [2.24, 2.45) is 0 Å². The summed E-state index contributed by atoms with van der Waals surface area (Å²) in [4.78, 5) is 31.0. The molecule has 4 aromatic rings. The van der Waals surface area contributed by atoms with Crippen LogP contribution in [0.3, 0.4) is 0 Å². The number of benzene rings is 3. The molecule has 0 bridgehead atoms. The fourth-order valence-electron chi connectivity index (χ4n) is 4.01. The first-order valence-corrected chi connectivity index (χ1v) is 11.0. The summed E-state index contributed by atoms with van der Waals surface area (Å²) >= 11 is 6.33. The Bertz CT molecular complexity index is 1450. The Labute approximate surface area is 200 Å². The van der Waals surface area contributed by atoms with Gasteiger partial charge in [-0.3, -0.25) is 9.59 Å². The summed E-state index contributed by atoms with van der Waals surface area (Å²) in [6.45, 7) is 0.441. The van der Waals surface area contributed by atoms with Gasteiger partial charge in [0.15, 0.2) is 11.5 Å². The molecule has 34 heavy (non-hydrogen) atoms. The molecule has 172 valence electrons. The summed E-state index contributed by atoms with van der Waals surface area (Å²) in [5.74, 6) is 1.56. The number of nitrogens with zero attached hydrogens (tertiary/aromatic N) is 1. The summed E-state index contributed by atoms with van der Waals surface area (Å²) in [6.07, 6.45) is 0. The highest BCUT2D eigenvalue weighted by atomic mass is 35.5. The number of fused-ring (bicyclic) bond motifs is 2. The Morgan fingerprint density at radius 2 is 1.71 bits per heavy atom. The van der Waals surface area contributed by atoms with Crippen LogP contribution in [0.5, 0.6) is 17.2 Å². The molecule has 8 heteroatoms. The minimum Gasteiger partial charge on any atom is -0.496 e. The maximum atomic E-state index is 13.6. The summed E-state index contributed by atoms with van der Waals surface area (Å²) in [5, 5.41) is 1.12. The minimum atomic E-state index is -0.290. The molecular formula is C26H21ClN2O5. The van der Waals surface area contributed by atoms with Crippen LogP contribution in [-0.2, 0) is 13.1 Å². The molecule has 1 aliphatic rings. The second-order valence-corrected chi connectivity index (χ2v) is 8.28. The Kier molecular flexibility index (Phi) is 5.86. The van der Waals surface area contributed by atoms with Crippen LogP contribution in [0.1, 0.15) is 21.5 Å². The molecule has 1 N–H and O–H groups in total.